The number of hydrogen-bond donors (Lipinski definition) is 1. The number of ether oxygens (including phenoxy) is 1. The molecule has 0 fully saturated rings. The minimum atomic E-state index is 0.404. The second-order valence-corrected chi connectivity index (χ2v) is 5.57. The highest BCUT2D eigenvalue weighted by Crippen LogP contribution is 2.31. The van der Waals surface area contributed by atoms with Gasteiger partial charge in [0.05, 0.1) is 0 Å². The van der Waals surface area contributed by atoms with Crippen molar-refractivity contribution in [1.29, 1.82) is 0 Å². The monoisotopic (exact) mass is 283 g/mol. The van der Waals surface area contributed by atoms with E-state index in [1.165, 1.54) is 22.3 Å². The lowest BCUT2D eigenvalue weighted by Gasteiger charge is -2.16. The molecule has 0 amide bonds. The first kappa shape index (κ1) is 15.6. The second-order valence-electron chi connectivity index (χ2n) is 5.57. The molecule has 1 N–H and O–H groups in total. The summed E-state index contributed by atoms with van der Waals surface area (Å²) in [5, 5.41) is 3.32. The van der Waals surface area contributed by atoms with Gasteiger partial charge in [-0.2, -0.15) is 0 Å². The van der Waals surface area contributed by atoms with Gasteiger partial charge in [-0.1, -0.05) is 31.2 Å². The van der Waals surface area contributed by atoms with Gasteiger partial charge in [-0.05, 0) is 68.6 Å². The van der Waals surface area contributed by atoms with Crippen LogP contribution < -0.4 is 10.1 Å². The summed E-state index contributed by atoms with van der Waals surface area (Å²) in [5.74, 6) is 1.87. The van der Waals surface area contributed by atoms with Crippen LogP contribution in [0.4, 0.5) is 0 Å². The Hall–Kier alpha value is -1.80. The fourth-order valence-corrected chi connectivity index (χ4v) is 2.58. The highest BCUT2D eigenvalue weighted by atomic mass is 16.5. The van der Waals surface area contributed by atoms with Gasteiger partial charge in [0.2, 0.25) is 0 Å². The lowest BCUT2D eigenvalue weighted by molar-refractivity contribution is 0.473. The number of hydrogen-bond acceptors (Lipinski definition) is 2. The number of benzene rings is 2. The van der Waals surface area contributed by atoms with Crippen LogP contribution in [0, 0.1) is 20.8 Å². The summed E-state index contributed by atoms with van der Waals surface area (Å²) >= 11 is 0. The minimum Gasteiger partial charge on any atom is -0.457 e. The van der Waals surface area contributed by atoms with Gasteiger partial charge in [0.1, 0.15) is 11.5 Å². The fourth-order valence-electron chi connectivity index (χ4n) is 2.58. The average molecular weight is 283 g/mol. The highest BCUT2D eigenvalue weighted by Gasteiger charge is 2.09. The molecular weight excluding hydrogens is 258 g/mol. The third-order valence-corrected chi connectivity index (χ3v) is 4.13. The molecule has 2 aromatic carbocycles. The molecule has 1 unspecified atom stereocenters. The quantitative estimate of drug-likeness (QED) is 0.826. The maximum Gasteiger partial charge on any atom is 0.133 e. The van der Waals surface area contributed by atoms with Crippen molar-refractivity contribution in [3.63, 3.8) is 0 Å². The van der Waals surface area contributed by atoms with E-state index in [-0.39, 0.29) is 0 Å². The van der Waals surface area contributed by atoms with Crippen LogP contribution in [-0.4, -0.2) is 7.05 Å². The van der Waals surface area contributed by atoms with Crippen molar-refractivity contribution in [2.45, 2.75) is 40.2 Å². The van der Waals surface area contributed by atoms with Crippen LogP contribution in [0.25, 0.3) is 0 Å². The summed E-state index contributed by atoms with van der Waals surface area (Å²) in [5.41, 5.74) is 4.93. The summed E-state index contributed by atoms with van der Waals surface area (Å²) in [6.45, 7) is 8.50. The predicted octanol–water partition coefficient (Wildman–Crippen LogP) is 5.07. The van der Waals surface area contributed by atoms with Gasteiger partial charge in [0.15, 0.2) is 0 Å². The lowest BCUT2D eigenvalue weighted by Crippen LogP contribution is -2.14. The zero-order chi connectivity index (χ0) is 15.4. The van der Waals surface area contributed by atoms with Gasteiger partial charge in [-0.15, -0.1) is 0 Å². The Morgan fingerprint density at radius 1 is 0.952 bits per heavy atom. The van der Waals surface area contributed by atoms with Gasteiger partial charge >= 0.3 is 0 Å². The summed E-state index contributed by atoms with van der Waals surface area (Å²) < 4.78 is 6.10. The Kier molecular flexibility index (Phi) is 5.03. The van der Waals surface area contributed by atoms with Crippen LogP contribution >= 0.6 is 0 Å². The van der Waals surface area contributed by atoms with Crippen LogP contribution in [0.2, 0.25) is 0 Å². The molecule has 0 saturated carbocycles. The Labute approximate surface area is 128 Å². The minimum absolute atomic E-state index is 0.404. The van der Waals surface area contributed by atoms with E-state index in [2.05, 4.69) is 69.4 Å². The third kappa shape index (κ3) is 3.45. The maximum atomic E-state index is 6.10. The molecule has 0 aliphatic heterocycles. The molecule has 2 rings (SSSR count). The van der Waals surface area contributed by atoms with E-state index in [1.54, 1.807) is 0 Å². The molecule has 0 saturated heterocycles. The summed E-state index contributed by atoms with van der Waals surface area (Å²) in [7, 11) is 2.00. The molecule has 21 heavy (non-hydrogen) atoms. The van der Waals surface area contributed by atoms with Gasteiger partial charge in [0, 0.05) is 6.04 Å². The number of nitrogens with one attached hydrogen (secondary N) is 1. The summed E-state index contributed by atoms with van der Waals surface area (Å²) in [6.07, 6.45) is 1.08. The molecule has 0 aliphatic rings. The molecule has 112 valence electrons. The molecule has 1 atom stereocenters. The van der Waals surface area contributed by atoms with Crippen LogP contribution in [0.15, 0.2) is 36.4 Å². The third-order valence-electron chi connectivity index (χ3n) is 4.13. The maximum absolute atomic E-state index is 6.10. The van der Waals surface area contributed by atoms with E-state index in [0.29, 0.717) is 6.04 Å². The van der Waals surface area contributed by atoms with Crippen LogP contribution in [0.5, 0.6) is 11.5 Å². The molecule has 0 heterocycles. The van der Waals surface area contributed by atoms with Gasteiger partial charge in [-0.25, -0.2) is 0 Å². The second kappa shape index (κ2) is 6.77. The van der Waals surface area contributed by atoms with Crippen LogP contribution in [0.1, 0.15) is 41.6 Å². The Morgan fingerprint density at radius 2 is 1.57 bits per heavy atom. The highest BCUT2D eigenvalue weighted by molar-refractivity contribution is 5.47. The molecule has 0 aliphatic carbocycles. The molecule has 0 bridgehead atoms. The zero-order valence-corrected chi connectivity index (χ0v) is 13.7. The first-order valence-corrected chi connectivity index (χ1v) is 7.58. The Bertz CT molecular complexity index is 598. The van der Waals surface area contributed by atoms with Crippen LogP contribution in [-0.2, 0) is 0 Å². The van der Waals surface area contributed by atoms with E-state index in [9.17, 15) is 0 Å². The normalized spacial score (nSPS) is 12.2. The van der Waals surface area contributed by atoms with E-state index in [1.807, 2.05) is 7.05 Å². The molecule has 0 radical (unpaired) electrons. The Balaban J connectivity index is 2.23. The first-order valence-electron chi connectivity index (χ1n) is 7.58. The van der Waals surface area contributed by atoms with Gasteiger partial charge in [-0.3, -0.25) is 0 Å². The zero-order valence-electron chi connectivity index (χ0n) is 13.7. The SMILES string of the molecule is CCC(NC)c1ccc(Oc2c(C)ccc(C)c2C)cc1. The number of rotatable bonds is 5. The lowest BCUT2D eigenvalue weighted by atomic mass is 10.0. The summed E-state index contributed by atoms with van der Waals surface area (Å²) in [6, 6.07) is 13.0. The molecule has 2 nitrogen and oxygen atoms in total. The van der Waals surface area contributed by atoms with Crippen LogP contribution in [0.3, 0.4) is 0 Å². The standard InChI is InChI=1S/C19H25NO/c1-6-18(20-5)16-9-11-17(12-10-16)21-19-14(3)8-7-13(2)15(19)4/h7-12,18,20H,6H2,1-5H3. The van der Waals surface area contributed by atoms with Crippen molar-refractivity contribution >= 4 is 0 Å². The fraction of sp³-hybridized carbons (Fsp3) is 0.368. The van der Waals surface area contributed by atoms with E-state index < -0.39 is 0 Å². The summed E-state index contributed by atoms with van der Waals surface area (Å²) in [4.78, 5) is 0. The smallest absolute Gasteiger partial charge is 0.133 e. The van der Waals surface area contributed by atoms with Crippen molar-refractivity contribution in [3.8, 4) is 11.5 Å². The van der Waals surface area contributed by atoms with Crippen molar-refractivity contribution in [2.24, 2.45) is 0 Å². The molecule has 2 aromatic rings. The van der Waals surface area contributed by atoms with Gasteiger partial charge < -0.3 is 10.1 Å². The van der Waals surface area contributed by atoms with E-state index in [4.69, 9.17) is 4.74 Å². The Morgan fingerprint density at radius 3 is 2.14 bits per heavy atom. The molecule has 2 heteroatoms. The first-order chi connectivity index (χ1) is 10.1. The van der Waals surface area contributed by atoms with Crippen molar-refractivity contribution in [3.05, 3.63) is 58.7 Å². The van der Waals surface area contributed by atoms with Crippen molar-refractivity contribution in [2.75, 3.05) is 7.05 Å². The largest absolute Gasteiger partial charge is 0.457 e. The molecular formula is C19H25NO. The van der Waals surface area contributed by atoms with Crippen molar-refractivity contribution in [1.82, 2.24) is 5.32 Å². The topological polar surface area (TPSA) is 21.3 Å². The predicted molar refractivity (Wildman–Crippen MR) is 89.3 cm³/mol. The van der Waals surface area contributed by atoms with E-state index >= 15 is 0 Å². The van der Waals surface area contributed by atoms with Gasteiger partial charge in [0.25, 0.3) is 0 Å². The number of aryl methyl sites for hydroxylation is 2. The molecule has 0 spiro atoms. The average Bonchev–Trinajstić information content (AvgIpc) is 2.50. The van der Waals surface area contributed by atoms with E-state index in [0.717, 1.165) is 17.9 Å². The van der Waals surface area contributed by atoms with Crippen molar-refractivity contribution < 1.29 is 4.74 Å². The molecule has 0 aromatic heterocycles.